The lowest BCUT2D eigenvalue weighted by Gasteiger charge is -2.18. The molecule has 0 unspecified atom stereocenters. The molecule has 0 spiro atoms. The Bertz CT molecular complexity index is 1250. The van der Waals surface area contributed by atoms with Crippen LogP contribution in [0.5, 0.6) is 17.2 Å². The summed E-state index contributed by atoms with van der Waals surface area (Å²) in [6, 6.07) is 9.04. The molecule has 2 aromatic carbocycles. The van der Waals surface area contributed by atoms with Gasteiger partial charge in [0.2, 0.25) is 4.80 Å². The predicted octanol–water partition coefficient (Wildman–Crippen LogP) is 3.83. The lowest BCUT2D eigenvalue weighted by atomic mass is 10.1. The fourth-order valence-electron chi connectivity index (χ4n) is 3.04. The second kappa shape index (κ2) is 8.94. The van der Waals surface area contributed by atoms with E-state index < -0.39 is 0 Å². The smallest absolute Gasteiger partial charge is 0.262 e. The van der Waals surface area contributed by atoms with Gasteiger partial charge in [0.15, 0.2) is 18.1 Å². The molecule has 1 aliphatic heterocycles. The number of hydrogen-bond acceptors (Lipinski definition) is 7. The number of nitrogens with zero attached hydrogens (tertiary/aromatic N) is 3. The number of thiazole rings is 1. The maximum atomic E-state index is 11.7. The standard InChI is InChI=1S/C21H19BrN4O4S/c1-3-23-21-26(24-9-12-6-14(22)20(28)18(7-12)29-2)16(11-31-21)13-4-5-17-15(8-13)25-19(27)10-30-17/h4-9,11,28H,3,10H2,1-2H3,(H,25,27). The van der Waals surface area contributed by atoms with Crippen LogP contribution in [0.2, 0.25) is 0 Å². The summed E-state index contributed by atoms with van der Waals surface area (Å²) in [4.78, 5) is 16.9. The number of fused-ring (bicyclic) bond motifs is 1. The number of carbonyl (C=O) groups excluding carboxylic acids is 1. The third-order valence-corrected chi connectivity index (χ3v) is 5.94. The number of aromatic nitrogens is 1. The molecule has 160 valence electrons. The Hall–Kier alpha value is -3.11. The van der Waals surface area contributed by atoms with Crippen molar-refractivity contribution in [2.75, 3.05) is 25.6 Å². The van der Waals surface area contributed by atoms with Gasteiger partial charge in [-0.3, -0.25) is 9.79 Å². The number of rotatable bonds is 5. The van der Waals surface area contributed by atoms with Gasteiger partial charge in [0.1, 0.15) is 5.75 Å². The van der Waals surface area contributed by atoms with Crippen LogP contribution in [0, 0.1) is 0 Å². The van der Waals surface area contributed by atoms with E-state index in [0.717, 1.165) is 21.6 Å². The van der Waals surface area contributed by atoms with E-state index in [2.05, 4.69) is 31.3 Å². The summed E-state index contributed by atoms with van der Waals surface area (Å²) in [5, 5.41) is 19.5. The van der Waals surface area contributed by atoms with Gasteiger partial charge >= 0.3 is 0 Å². The molecule has 2 heterocycles. The van der Waals surface area contributed by atoms with Crippen molar-refractivity contribution in [1.82, 2.24) is 4.68 Å². The zero-order valence-electron chi connectivity index (χ0n) is 16.8. The molecule has 0 fully saturated rings. The number of methoxy groups -OCH3 is 1. The summed E-state index contributed by atoms with van der Waals surface area (Å²) >= 11 is 4.80. The van der Waals surface area contributed by atoms with Crippen molar-refractivity contribution in [3.63, 3.8) is 0 Å². The van der Waals surface area contributed by atoms with E-state index in [1.165, 1.54) is 18.4 Å². The summed E-state index contributed by atoms with van der Waals surface area (Å²) < 4.78 is 12.9. The minimum atomic E-state index is -0.186. The molecule has 0 saturated carbocycles. The van der Waals surface area contributed by atoms with E-state index in [9.17, 15) is 9.90 Å². The molecule has 0 aliphatic carbocycles. The highest BCUT2D eigenvalue weighted by Crippen LogP contribution is 2.35. The third kappa shape index (κ3) is 4.35. The molecule has 0 atom stereocenters. The number of phenols is 1. The van der Waals surface area contributed by atoms with E-state index in [0.29, 0.717) is 28.2 Å². The molecule has 1 amide bonds. The van der Waals surface area contributed by atoms with E-state index in [-0.39, 0.29) is 18.3 Å². The Balaban J connectivity index is 1.77. The van der Waals surface area contributed by atoms with Gasteiger partial charge in [0.05, 0.1) is 29.2 Å². The molecular formula is C21H19BrN4O4S. The number of hydrogen-bond donors (Lipinski definition) is 2. The highest BCUT2D eigenvalue weighted by atomic mass is 79.9. The van der Waals surface area contributed by atoms with E-state index in [1.807, 2.05) is 30.5 Å². The Labute approximate surface area is 190 Å². The molecule has 31 heavy (non-hydrogen) atoms. The number of benzene rings is 2. The molecule has 0 radical (unpaired) electrons. The van der Waals surface area contributed by atoms with Gasteiger partial charge in [0.25, 0.3) is 5.91 Å². The molecule has 0 bridgehead atoms. The number of nitrogens with one attached hydrogen (secondary N) is 1. The number of ether oxygens (including phenoxy) is 2. The van der Waals surface area contributed by atoms with Crippen LogP contribution in [0.3, 0.4) is 0 Å². The Kier molecular flexibility index (Phi) is 6.10. The maximum Gasteiger partial charge on any atom is 0.262 e. The molecule has 2 N–H and O–H groups in total. The SMILES string of the molecule is CCN=c1scc(-c2ccc3c(c2)NC(=O)CO3)n1N=Cc1cc(Br)c(O)c(OC)c1. The monoisotopic (exact) mass is 502 g/mol. The number of carbonyl (C=O) groups is 1. The molecular weight excluding hydrogens is 484 g/mol. The van der Waals surface area contributed by atoms with Crippen molar-refractivity contribution >= 4 is 45.1 Å². The van der Waals surface area contributed by atoms with Crippen molar-refractivity contribution in [2.24, 2.45) is 10.1 Å². The van der Waals surface area contributed by atoms with Gasteiger partial charge in [0, 0.05) is 17.5 Å². The quantitative estimate of drug-likeness (QED) is 0.518. The van der Waals surface area contributed by atoms with Gasteiger partial charge < -0.3 is 19.9 Å². The minimum absolute atomic E-state index is 0.0142. The first-order valence-electron chi connectivity index (χ1n) is 9.39. The zero-order chi connectivity index (χ0) is 22.0. The summed E-state index contributed by atoms with van der Waals surface area (Å²) in [5.41, 5.74) is 3.04. The first-order valence-corrected chi connectivity index (χ1v) is 11.1. The number of amides is 1. The van der Waals surface area contributed by atoms with Gasteiger partial charge in [-0.15, -0.1) is 11.3 Å². The number of anilines is 1. The first-order chi connectivity index (χ1) is 15.0. The van der Waals surface area contributed by atoms with E-state index in [4.69, 9.17) is 9.47 Å². The van der Waals surface area contributed by atoms with Crippen LogP contribution in [0.15, 0.2) is 50.3 Å². The highest BCUT2D eigenvalue weighted by molar-refractivity contribution is 9.10. The van der Waals surface area contributed by atoms with E-state index >= 15 is 0 Å². The number of aromatic hydroxyl groups is 1. The second-order valence-corrected chi connectivity index (χ2v) is 8.23. The average Bonchev–Trinajstić information content (AvgIpc) is 3.16. The van der Waals surface area contributed by atoms with Crippen molar-refractivity contribution in [2.45, 2.75) is 6.92 Å². The molecule has 1 aromatic heterocycles. The summed E-state index contributed by atoms with van der Waals surface area (Å²) in [7, 11) is 1.49. The predicted molar refractivity (Wildman–Crippen MR) is 123 cm³/mol. The lowest BCUT2D eigenvalue weighted by Crippen LogP contribution is -2.25. The van der Waals surface area contributed by atoms with Crippen LogP contribution >= 0.6 is 27.3 Å². The van der Waals surface area contributed by atoms with Crippen LogP contribution in [-0.4, -0.2) is 42.2 Å². The van der Waals surface area contributed by atoms with Crippen LogP contribution in [0.4, 0.5) is 5.69 Å². The van der Waals surface area contributed by atoms with Gasteiger partial charge in [-0.1, -0.05) is 0 Å². The minimum Gasteiger partial charge on any atom is -0.503 e. The molecule has 1 aliphatic rings. The topological polar surface area (TPSA) is 97.4 Å². The normalized spacial score (nSPS) is 13.8. The molecule has 8 nitrogen and oxygen atoms in total. The fraction of sp³-hybridized carbons (Fsp3) is 0.190. The molecule has 0 saturated heterocycles. The Morgan fingerprint density at radius 2 is 2.23 bits per heavy atom. The first kappa shape index (κ1) is 21.1. The van der Waals surface area contributed by atoms with Crippen molar-refractivity contribution in [3.8, 4) is 28.5 Å². The van der Waals surface area contributed by atoms with Crippen molar-refractivity contribution in [1.29, 1.82) is 0 Å². The van der Waals surface area contributed by atoms with Crippen LogP contribution < -0.4 is 19.6 Å². The molecule has 10 heteroatoms. The fourth-order valence-corrected chi connectivity index (χ4v) is 4.41. The van der Waals surface area contributed by atoms with Gasteiger partial charge in [-0.05, 0) is 58.7 Å². The molecule has 4 rings (SSSR count). The zero-order valence-corrected chi connectivity index (χ0v) is 19.2. The maximum absolute atomic E-state index is 11.7. The van der Waals surface area contributed by atoms with Crippen LogP contribution in [0.25, 0.3) is 11.3 Å². The van der Waals surface area contributed by atoms with Crippen LogP contribution in [-0.2, 0) is 4.79 Å². The third-order valence-electron chi connectivity index (χ3n) is 4.48. The summed E-state index contributed by atoms with van der Waals surface area (Å²) in [6.45, 7) is 2.59. The molecule has 3 aromatic rings. The van der Waals surface area contributed by atoms with Crippen molar-refractivity contribution in [3.05, 3.63) is 50.5 Å². The Morgan fingerprint density at radius 1 is 1.39 bits per heavy atom. The van der Waals surface area contributed by atoms with Crippen molar-refractivity contribution < 1.29 is 19.4 Å². The number of phenolic OH excluding ortho intramolecular Hbond substituents is 1. The average molecular weight is 503 g/mol. The van der Waals surface area contributed by atoms with Gasteiger partial charge in [-0.2, -0.15) is 5.10 Å². The Morgan fingerprint density at radius 3 is 3.00 bits per heavy atom. The largest absolute Gasteiger partial charge is 0.503 e. The second-order valence-electron chi connectivity index (χ2n) is 6.54. The van der Waals surface area contributed by atoms with Gasteiger partial charge in [-0.25, -0.2) is 4.68 Å². The summed E-state index contributed by atoms with van der Waals surface area (Å²) in [5.74, 6) is 0.821. The highest BCUT2D eigenvalue weighted by Gasteiger charge is 2.18. The number of halogens is 1. The summed E-state index contributed by atoms with van der Waals surface area (Å²) in [6.07, 6.45) is 1.67. The lowest BCUT2D eigenvalue weighted by molar-refractivity contribution is -0.118. The van der Waals surface area contributed by atoms with Crippen LogP contribution in [0.1, 0.15) is 12.5 Å². The van der Waals surface area contributed by atoms with E-state index in [1.54, 1.807) is 23.0 Å².